The lowest BCUT2D eigenvalue weighted by Crippen LogP contribution is -2.18. The maximum Gasteiger partial charge on any atom is 0.126 e. The third kappa shape index (κ3) is 3.85. The van der Waals surface area contributed by atoms with Gasteiger partial charge < -0.3 is 5.32 Å². The second kappa shape index (κ2) is 6.78. The number of halogens is 1. The summed E-state index contributed by atoms with van der Waals surface area (Å²) in [5.74, 6) is -0.156. The van der Waals surface area contributed by atoms with E-state index < -0.39 is 0 Å². The molecule has 1 aromatic heterocycles. The summed E-state index contributed by atoms with van der Waals surface area (Å²) in [4.78, 5) is 5.60. The molecular formula is C15H19FN2S. The SMILES string of the molecule is CCCNC(C)c1cnc(Cc2ccccc2F)s1. The number of hydrogen-bond donors (Lipinski definition) is 1. The van der Waals surface area contributed by atoms with Gasteiger partial charge in [-0.05, 0) is 31.5 Å². The number of benzene rings is 1. The predicted octanol–water partition coefficient (Wildman–Crippen LogP) is 3.93. The van der Waals surface area contributed by atoms with Crippen molar-refractivity contribution in [2.75, 3.05) is 6.54 Å². The molecule has 2 rings (SSSR count). The number of nitrogens with one attached hydrogen (secondary N) is 1. The zero-order valence-corrected chi connectivity index (χ0v) is 12.1. The molecule has 1 atom stereocenters. The van der Waals surface area contributed by atoms with Gasteiger partial charge in [0.2, 0.25) is 0 Å². The molecular weight excluding hydrogens is 259 g/mol. The topological polar surface area (TPSA) is 24.9 Å². The predicted molar refractivity (Wildman–Crippen MR) is 78.0 cm³/mol. The molecule has 1 aromatic carbocycles. The molecule has 0 bridgehead atoms. The summed E-state index contributed by atoms with van der Waals surface area (Å²) in [6.45, 7) is 5.29. The number of hydrogen-bond acceptors (Lipinski definition) is 3. The first-order valence-electron chi connectivity index (χ1n) is 6.62. The summed E-state index contributed by atoms with van der Waals surface area (Å²) in [7, 11) is 0. The van der Waals surface area contributed by atoms with Gasteiger partial charge in [-0.3, -0.25) is 0 Å². The van der Waals surface area contributed by atoms with Crippen LogP contribution < -0.4 is 5.32 Å². The maximum absolute atomic E-state index is 13.6. The second-order valence-corrected chi connectivity index (χ2v) is 5.75. The van der Waals surface area contributed by atoms with Gasteiger partial charge in [0, 0.05) is 23.5 Å². The molecule has 0 aliphatic rings. The van der Waals surface area contributed by atoms with Crippen molar-refractivity contribution in [3.8, 4) is 0 Å². The first-order valence-corrected chi connectivity index (χ1v) is 7.43. The summed E-state index contributed by atoms with van der Waals surface area (Å²) in [5, 5.41) is 4.40. The molecule has 0 radical (unpaired) electrons. The molecule has 1 unspecified atom stereocenters. The van der Waals surface area contributed by atoms with Crippen molar-refractivity contribution in [2.24, 2.45) is 0 Å². The third-order valence-corrected chi connectivity index (χ3v) is 4.18. The molecule has 0 fully saturated rings. The van der Waals surface area contributed by atoms with Crippen LogP contribution in [0.15, 0.2) is 30.5 Å². The van der Waals surface area contributed by atoms with Crippen molar-refractivity contribution in [3.63, 3.8) is 0 Å². The molecule has 2 nitrogen and oxygen atoms in total. The fraction of sp³-hybridized carbons (Fsp3) is 0.400. The molecule has 0 aliphatic carbocycles. The van der Waals surface area contributed by atoms with Crippen LogP contribution >= 0.6 is 11.3 Å². The van der Waals surface area contributed by atoms with Gasteiger partial charge in [0.1, 0.15) is 5.82 Å². The van der Waals surface area contributed by atoms with Crippen LogP contribution in [0.2, 0.25) is 0 Å². The number of nitrogens with zero attached hydrogens (tertiary/aromatic N) is 1. The number of aromatic nitrogens is 1. The highest BCUT2D eigenvalue weighted by atomic mass is 32.1. The Morgan fingerprint density at radius 2 is 2.16 bits per heavy atom. The van der Waals surface area contributed by atoms with Crippen LogP contribution in [-0.2, 0) is 6.42 Å². The highest BCUT2D eigenvalue weighted by Gasteiger charge is 2.10. The Labute approximate surface area is 117 Å². The third-order valence-electron chi connectivity index (χ3n) is 3.00. The van der Waals surface area contributed by atoms with Crippen molar-refractivity contribution >= 4 is 11.3 Å². The summed E-state index contributed by atoms with van der Waals surface area (Å²) >= 11 is 1.65. The van der Waals surface area contributed by atoms with E-state index in [1.807, 2.05) is 18.3 Å². The minimum absolute atomic E-state index is 0.156. The van der Waals surface area contributed by atoms with E-state index in [-0.39, 0.29) is 5.82 Å². The molecule has 1 N–H and O–H groups in total. The molecule has 0 aliphatic heterocycles. The van der Waals surface area contributed by atoms with Gasteiger partial charge in [-0.15, -0.1) is 11.3 Å². The second-order valence-electron chi connectivity index (χ2n) is 4.60. The van der Waals surface area contributed by atoms with Gasteiger partial charge >= 0.3 is 0 Å². The van der Waals surface area contributed by atoms with Crippen molar-refractivity contribution < 1.29 is 4.39 Å². The fourth-order valence-electron chi connectivity index (χ4n) is 1.87. The molecule has 102 valence electrons. The van der Waals surface area contributed by atoms with Gasteiger partial charge in [-0.2, -0.15) is 0 Å². The Morgan fingerprint density at radius 1 is 1.37 bits per heavy atom. The Kier molecular flexibility index (Phi) is 5.05. The molecule has 2 aromatic rings. The Balaban J connectivity index is 2.03. The van der Waals surface area contributed by atoms with E-state index in [1.54, 1.807) is 17.4 Å². The van der Waals surface area contributed by atoms with Crippen LogP contribution in [0, 0.1) is 5.82 Å². The molecule has 0 saturated heterocycles. The number of thiazole rings is 1. The summed E-state index contributed by atoms with van der Waals surface area (Å²) < 4.78 is 13.6. The van der Waals surface area contributed by atoms with Crippen LogP contribution in [0.1, 0.15) is 41.8 Å². The largest absolute Gasteiger partial charge is 0.309 e. The number of rotatable bonds is 6. The van der Waals surface area contributed by atoms with Crippen LogP contribution in [-0.4, -0.2) is 11.5 Å². The van der Waals surface area contributed by atoms with Gasteiger partial charge in [0.15, 0.2) is 0 Å². The van der Waals surface area contributed by atoms with Gasteiger partial charge in [0.25, 0.3) is 0 Å². The summed E-state index contributed by atoms with van der Waals surface area (Å²) in [6, 6.07) is 7.19. The highest BCUT2D eigenvalue weighted by Crippen LogP contribution is 2.23. The minimum atomic E-state index is -0.156. The van der Waals surface area contributed by atoms with E-state index in [1.165, 1.54) is 10.9 Å². The van der Waals surface area contributed by atoms with Crippen molar-refractivity contribution in [2.45, 2.75) is 32.7 Å². The average molecular weight is 278 g/mol. The lowest BCUT2D eigenvalue weighted by Gasteiger charge is -2.09. The van der Waals surface area contributed by atoms with Crippen LogP contribution in [0.3, 0.4) is 0 Å². The lowest BCUT2D eigenvalue weighted by atomic mass is 10.1. The van der Waals surface area contributed by atoms with Crippen LogP contribution in [0.25, 0.3) is 0 Å². The zero-order chi connectivity index (χ0) is 13.7. The van der Waals surface area contributed by atoms with Crippen molar-refractivity contribution in [3.05, 3.63) is 51.7 Å². The molecule has 0 spiro atoms. The molecule has 19 heavy (non-hydrogen) atoms. The highest BCUT2D eigenvalue weighted by molar-refractivity contribution is 7.11. The van der Waals surface area contributed by atoms with Crippen LogP contribution in [0.4, 0.5) is 4.39 Å². The van der Waals surface area contributed by atoms with Gasteiger partial charge in [-0.25, -0.2) is 9.37 Å². The van der Waals surface area contributed by atoms with E-state index in [0.29, 0.717) is 18.0 Å². The first-order chi connectivity index (χ1) is 9.20. The monoisotopic (exact) mass is 278 g/mol. The summed E-state index contributed by atoms with van der Waals surface area (Å²) in [5.41, 5.74) is 0.706. The van der Waals surface area contributed by atoms with E-state index >= 15 is 0 Å². The smallest absolute Gasteiger partial charge is 0.126 e. The van der Waals surface area contributed by atoms with Gasteiger partial charge in [-0.1, -0.05) is 25.1 Å². The maximum atomic E-state index is 13.6. The van der Waals surface area contributed by atoms with Crippen LogP contribution in [0.5, 0.6) is 0 Å². The Morgan fingerprint density at radius 3 is 2.89 bits per heavy atom. The lowest BCUT2D eigenvalue weighted by molar-refractivity contribution is 0.577. The summed E-state index contributed by atoms with van der Waals surface area (Å²) in [6.07, 6.45) is 3.58. The normalized spacial score (nSPS) is 12.6. The first kappa shape index (κ1) is 14.2. The van der Waals surface area contributed by atoms with E-state index in [9.17, 15) is 4.39 Å². The Hall–Kier alpha value is -1.26. The van der Waals surface area contributed by atoms with E-state index in [2.05, 4.69) is 24.1 Å². The molecule has 1 heterocycles. The standard InChI is InChI=1S/C15H19FN2S/c1-3-8-17-11(2)14-10-18-15(19-14)9-12-6-4-5-7-13(12)16/h4-7,10-11,17H,3,8-9H2,1-2H3. The van der Waals surface area contributed by atoms with Gasteiger partial charge in [0.05, 0.1) is 5.01 Å². The Bertz CT molecular complexity index is 524. The van der Waals surface area contributed by atoms with E-state index in [0.717, 1.165) is 18.0 Å². The fourth-order valence-corrected chi connectivity index (χ4v) is 2.84. The molecule has 0 saturated carbocycles. The quantitative estimate of drug-likeness (QED) is 0.866. The minimum Gasteiger partial charge on any atom is -0.309 e. The van der Waals surface area contributed by atoms with E-state index in [4.69, 9.17) is 0 Å². The van der Waals surface area contributed by atoms with Crippen molar-refractivity contribution in [1.82, 2.24) is 10.3 Å². The average Bonchev–Trinajstić information content (AvgIpc) is 2.87. The zero-order valence-electron chi connectivity index (χ0n) is 11.3. The molecule has 0 amide bonds. The molecule has 4 heteroatoms. The van der Waals surface area contributed by atoms with Crippen molar-refractivity contribution in [1.29, 1.82) is 0 Å².